The summed E-state index contributed by atoms with van der Waals surface area (Å²) in [5.41, 5.74) is 2.68. The Bertz CT molecular complexity index is 800. The van der Waals surface area contributed by atoms with Gasteiger partial charge in [0.25, 0.3) is 0 Å². The Labute approximate surface area is 169 Å². The fourth-order valence-corrected chi connectivity index (χ4v) is 4.37. The van der Waals surface area contributed by atoms with E-state index in [1.807, 2.05) is 17.5 Å². The molecule has 2 N–H and O–H groups in total. The highest BCUT2D eigenvalue weighted by Crippen LogP contribution is 2.34. The number of hydrogen-bond acceptors (Lipinski definition) is 6. The molecule has 2 aromatic rings. The molecule has 1 aromatic heterocycles. The van der Waals surface area contributed by atoms with Crippen molar-refractivity contribution in [3.63, 3.8) is 0 Å². The van der Waals surface area contributed by atoms with Gasteiger partial charge in [-0.2, -0.15) is 0 Å². The van der Waals surface area contributed by atoms with E-state index in [0.29, 0.717) is 11.7 Å². The summed E-state index contributed by atoms with van der Waals surface area (Å²) in [5, 5.41) is 8.94. The van der Waals surface area contributed by atoms with Gasteiger partial charge in [0.2, 0.25) is 5.91 Å². The molecule has 0 bridgehead atoms. The lowest BCUT2D eigenvalue weighted by Crippen LogP contribution is -2.47. The maximum atomic E-state index is 12.9. The molecule has 1 aromatic carbocycles. The third kappa shape index (κ3) is 4.11. The van der Waals surface area contributed by atoms with Gasteiger partial charge in [0.15, 0.2) is 5.13 Å². The Morgan fingerprint density at radius 3 is 3.00 bits per heavy atom. The van der Waals surface area contributed by atoms with E-state index in [1.54, 1.807) is 7.11 Å². The van der Waals surface area contributed by atoms with Gasteiger partial charge in [-0.3, -0.25) is 4.79 Å². The number of methoxy groups -OCH3 is 1. The highest BCUT2D eigenvalue weighted by Gasteiger charge is 2.40. The quantitative estimate of drug-likeness (QED) is 0.793. The van der Waals surface area contributed by atoms with E-state index in [-0.39, 0.29) is 18.3 Å². The number of fused-ring (bicyclic) bond motifs is 1. The van der Waals surface area contributed by atoms with E-state index >= 15 is 0 Å². The Morgan fingerprint density at radius 1 is 1.41 bits per heavy atom. The molecule has 4 rings (SSSR count). The number of benzene rings is 1. The lowest BCUT2D eigenvalue weighted by Gasteiger charge is -2.35. The third-order valence-corrected chi connectivity index (χ3v) is 5.93. The van der Waals surface area contributed by atoms with Crippen LogP contribution in [-0.4, -0.2) is 44.3 Å². The molecule has 0 saturated carbocycles. The second-order valence-electron chi connectivity index (χ2n) is 6.88. The van der Waals surface area contributed by atoms with Crippen molar-refractivity contribution in [3.8, 4) is 17.0 Å². The monoisotopic (exact) mass is 409 g/mol. The molecule has 1 fully saturated rings. The lowest BCUT2D eigenvalue weighted by molar-refractivity contribution is -0.130. The Kier molecular flexibility index (Phi) is 6.37. The molecule has 2 aliphatic rings. The van der Waals surface area contributed by atoms with Crippen molar-refractivity contribution in [2.75, 3.05) is 38.7 Å². The zero-order valence-corrected chi connectivity index (χ0v) is 16.9. The number of hydrogen-bond donors (Lipinski definition) is 2. The number of amides is 1. The van der Waals surface area contributed by atoms with Crippen molar-refractivity contribution in [3.05, 3.63) is 29.1 Å². The van der Waals surface area contributed by atoms with Gasteiger partial charge in [0.05, 0.1) is 24.3 Å². The number of ether oxygens (including phenoxy) is 2. The minimum absolute atomic E-state index is 0. The van der Waals surface area contributed by atoms with Crippen molar-refractivity contribution in [2.24, 2.45) is 5.41 Å². The molecule has 6 nitrogen and oxygen atoms in total. The van der Waals surface area contributed by atoms with Crippen LogP contribution < -0.4 is 15.4 Å². The van der Waals surface area contributed by atoms with E-state index in [1.165, 1.54) is 16.9 Å². The summed E-state index contributed by atoms with van der Waals surface area (Å²) in [6.45, 7) is 2.84. The minimum Gasteiger partial charge on any atom is -0.493 e. The third-order valence-electron chi connectivity index (χ3n) is 5.17. The molecule has 2 aliphatic heterocycles. The standard InChI is InChI=1S/C19H23N3O3S.ClH/c1-24-12-19(5-7-20-8-6-19)17(23)22-18-21-15(11-26-18)13-2-3-16-14(10-13)4-9-25-16;/h2-3,10-11,20H,4-9,12H2,1H3,(H,21,22,23);1H. The number of halogens is 1. The van der Waals surface area contributed by atoms with Crippen LogP contribution in [0.2, 0.25) is 0 Å². The fraction of sp³-hybridized carbons (Fsp3) is 0.474. The van der Waals surface area contributed by atoms with Gasteiger partial charge in [-0.1, -0.05) is 0 Å². The Morgan fingerprint density at radius 2 is 2.22 bits per heavy atom. The molecule has 3 heterocycles. The van der Waals surface area contributed by atoms with Crippen LogP contribution in [0.1, 0.15) is 18.4 Å². The summed E-state index contributed by atoms with van der Waals surface area (Å²) in [7, 11) is 1.65. The highest BCUT2D eigenvalue weighted by atomic mass is 35.5. The van der Waals surface area contributed by atoms with Crippen molar-refractivity contribution in [1.82, 2.24) is 10.3 Å². The first-order chi connectivity index (χ1) is 12.7. The molecular formula is C19H24ClN3O3S. The van der Waals surface area contributed by atoms with Crippen LogP contribution in [0, 0.1) is 5.41 Å². The Hall–Kier alpha value is -1.67. The van der Waals surface area contributed by atoms with E-state index < -0.39 is 5.41 Å². The SMILES string of the molecule is COCC1(C(=O)Nc2nc(-c3ccc4c(c3)CCO4)cs2)CCNCC1.Cl. The van der Waals surface area contributed by atoms with Crippen molar-refractivity contribution < 1.29 is 14.3 Å². The molecule has 0 radical (unpaired) electrons. The molecule has 0 atom stereocenters. The zero-order valence-electron chi connectivity index (χ0n) is 15.2. The number of rotatable bonds is 5. The van der Waals surface area contributed by atoms with Gasteiger partial charge in [0.1, 0.15) is 5.75 Å². The van der Waals surface area contributed by atoms with E-state index in [2.05, 4.69) is 21.7 Å². The van der Waals surface area contributed by atoms with Crippen LogP contribution in [-0.2, 0) is 16.0 Å². The molecule has 27 heavy (non-hydrogen) atoms. The normalized spacial score (nSPS) is 17.5. The Balaban J connectivity index is 0.00000210. The largest absolute Gasteiger partial charge is 0.493 e. The van der Waals surface area contributed by atoms with Crippen LogP contribution in [0.15, 0.2) is 23.6 Å². The van der Waals surface area contributed by atoms with Crippen molar-refractivity contribution in [2.45, 2.75) is 19.3 Å². The molecule has 0 unspecified atom stereocenters. The number of thiazole rings is 1. The smallest absolute Gasteiger partial charge is 0.234 e. The molecule has 1 amide bonds. The lowest BCUT2D eigenvalue weighted by atomic mass is 9.79. The van der Waals surface area contributed by atoms with Gasteiger partial charge in [-0.05, 0) is 49.7 Å². The first kappa shape index (κ1) is 20.1. The molecule has 8 heteroatoms. The first-order valence-electron chi connectivity index (χ1n) is 8.93. The zero-order chi connectivity index (χ0) is 18.0. The van der Waals surface area contributed by atoms with Crippen LogP contribution in [0.3, 0.4) is 0 Å². The number of anilines is 1. The second-order valence-corrected chi connectivity index (χ2v) is 7.73. The molecular weight excluding hydrogens is 386 g/mol. The molecule has 146 valence electrons. The number of carbonyl (C=O) groups is 1. The summed E-state index contributed by atoms with van der Waals surface area (Å²) >= 11 is 1.46. The summed E-state index contributed by atoms with van der Waals surface area (Å²) < 4.78 is 10.9. The van der Waals surface area contributed by atoms with Crippen LogP contribution in [0.5, 0.6) is 5.75 Å². The minimum atomic E-state index is -0.475. The summed E-state index contributed by atoms with van der Waals surface area (Å²) in [6, 6.07) is 6.14. The van der Waals surface area contributed by atoms with Crippen molar-refractivity contribution >= 4 is 34.8 Å². The summed E-state index contributed by atoms with van der Waals surface area (Å²) in [4.78, 5) is 17.5. The van der Waals surface area contributed by atoms with Gasteiger partial charge >= 0.3 is 0 Å². The number of nitrogens with one attached hydrogen (secondary N) is 2. The maximum absolute atomic E-state index is 12.9. The molecule has 0 aliphatic carbocycles. The number of carbonyl (C=O) groups excluding carboxylic acids is 1. The predicted molar refractivity (Wildman–Crippen MR) is 109 cm³/mol. The number of nitrogens with zero attached hydrogens (tertiary/aromatic N) is 1. The van der Waals surface area contributed by atoms with Crippen LogP contribution >= 0.6 is 23.7 Å². The second kappa shape index (κ2) is 8.56. The molecule has 1 saturated heterocycles. The average Bonchev–Trinajstić information content (AvgIpc) is 3.31. The van der Waals surface area contributed by atoms with Gasteiger partial charge in [-0.25, -0.2) is 4.98 Å². The van der Waals surface area contributed by atoms with Crippen LogP contribution in [0.4, 0.5) is 5.13 Å². The predicted octanol–water partition coefficient (Wildman–Crippen LogP) is 3.12. The number of aromatic nitrogens is 1. The topological polar surface area (TPSA) is 72.5 Å². The highest BCUT2D eigenvalue weighted by molar-refractivity contribution is 7.14. The number of piperidine rings is 1. The van der Waals surface area contributed by atoms with Gasteiger partial charge < -0.3 is 20.1 Å². The van der Waals surface area contributed by atoms with E-state index in [4.69, 9.17) is 9.47 Å². The maximum Gasteiger partial charge on any atom is 0.234 e. The van der Waals surface area contributed by atoms with Crippen LogP contribution in [0.25, 0.3) is 11.3 Å². The summed E-state index contributed by atoms with van der Waals surface area (Å²) in [6.07, 6.45) is 2.48. The summed E-state index contributed by atoms with van der Waals surface area (Å²) in [5.74, 6) is 0.967. The first-order valence-corrected chi connectivity index (χ1v) is 9.81. The van der Waals surface area contributed by atoms with E-state index in [9.17, 15) is 4.79 Å². The van der Waals surface area contributed by atoms with Gasteiger partial charge in [-0.15, -0.1) is 23.7 Å². The fourth-order valence-electron chi connectivity index (χ4n) is 3.66. The van der Waals surface area contributed by atoms with E-state index in [0.717, 1.165) is 56.0 Å². The average molecular weight is 410 g/mol. The van der Waals surface area contributed by atoms with Crippen molar-refractivity contribution in [1.29, 1.82) is 0 Å². The van der Waals surface area contributed by atoms with Gasteiger partial charge in [0, 0.05) is 24.5 Å². The molecule has 0 spiro atoms.